The average molecular weight is 457 g/mol. The predicted molar refractivity (Wildman–Crippen MR) is 130 cm³/mol. The lowest BCUT2D eigenvalue weighted by molar-refractivity contribution is -0.140. The molecule has 1 unspecified atom stereocenters. The first-order valence-corrected chi connectivity index (χ1v) is 11.4. The van der Waals surface area contributed by atoms with Gasteiger partial charge in [-0.3, -0.25) is 14.6 Å². The van der Waals surface area contributed by atoms with E-state index in [0.717, 1.165) is 34.4 Å². The molecule has 1 saturated heterocycles. The van der Waals surface area contributed by atoms with Crippen LogP contribution in [0.3, 0.4) is 0 Å². The number of carbonyl (C=O) groups excluding carboxylic acids is 2. The molecule has 0 radical (unpaired) electrons. The fraction of sp³-hybridized carbons (Fsp3) is 0.250. The molecule has 0 spiro atoms. The zero-order chi connectivity index (χ0) is 24.2. The van der Waals surface area contributed by atoms with Crippen LogP contribution < -0.4 is 4.74 Å². The third-order valence-corrected chi connectivity index (χ3v) is 5.91. The van der Waals surface area contributed by atoms with E-state index < -0.39 is 17.7 Å². The lowest BCUT2D eigenvalue weighted by atomic mass is 9.94. The van der Waals surface area contributed by atoms with Crippen molar-refractivity contribution >= 4 is 17.4 Å². The molecular formula is C28H28N2O4. The molecule has 1 atom stereocenters. The maximum atomic E-state index is 13.2. The number of hydrogen-bond acceptors (Lipinski definition) is 5. The van der Waals surface area contributed by atoms with Gasteiger partial charge < -0.3 is 14.7 Å². The van der Waals surface area contributed by atoms with Crippen molar-refractivity contribution in [1.82, 2.24) is 9.88 Å². The van der Waals surface area contributed by atoms with E-state index >= 15 is 0 Å². The van der Waals surface area contributed by atoms with Crippen LogP contribution in [-0.2, 0) is 16.1 Å². The van der Waals surface area contributed by atoms with Crippen molar-refractivity contribution < 1.29 is 19.4 Å². The van der Waals surface area contributed by atoms with Crippen LogP contribution in [0.5, 0.6) is 5.75 Å². The van der Waals surface area contributed by atoms with E-state index in [0.29, 0.717) is 12.2 Å². The van der Waals surface area contributed by atoms with E-state index in [1.165, 1.54) is 4.90 Å². The third kappa shape index (κ3) is 4.57. The third-order valence-electron chi connectivity index (χ3n) is 5.91. The van der Waals surface area contributed by atoms with Crippen LogP contribution in [0, 0.1) is 13.8 Å². The van der Waals surface area contributed by atoms with Crippen molar-refractivity contribution in [2.75, 3.05) is 6.61 Å². The highest BCUT2D eigenvalue weighted by Gasteiger charge is 2.46. The molecular weight excluding hydrogens is 428 g/mol. The van der Waals surface area contributed by atoms with Gasteiger partial charge in [-0.15, -0.1) is 0 Å². The van der Waals surface area contributed by atoms with Crippen LogP contribution in [0.1, 0.15) is 47.2 Å². The maximum absolute atomic E-state index is 13.2. The summed E-state index contributed by atoms with van der Waals surface area (Å²) in [7, 11) is 0. The highest BCUT2D eigenvalue weighted by molar-refractivity contribution is 6.46. The molecule has 3 aromatic rings. The number of aromatic nitrogens is 1. The summed E-state index contributed by atoms with van der Waals surface area (Å²) < 4.78 is 5.74. The number of hydrogen-bond donors (Lipinski definition) is 1. The monoisotopic (exact) mass is 456 g/mol. The van der Waals surface area contributed by atoms with E-state index in [2.05, 4.69) is 4.98 Å². The topological polar surface area (TPSA) is 79.7 Å². The van der Waals surface area contributed by atoms with Crippen LogP contribution in [0.25, 0.3) is 5.76 Å². The van der Waals surface area contributed by atoms with E-state index in [9.17, 15) is 14.7 Å². The zero-order valence-electron chi connectivity index (χ0n) is 19.6. The molecule has 0 bridgehead atoms. The smallest absolute Gasteiger partial charge is 0.295 e. The molecule has 1 fully saturated rings. The number of aliphatic hydroxyl groups excluding tert-OH is 1. The Morgan fingerprint density at radius 3 is 2.50 bits per heavy atom. The minimum absolute atomic E-state index is 0.0892. The van der Waals surface area contributed by atoms with Gasteiger partial charge in [0.05, 0.1) is 18.2 Å². The van der Waals surface area contributed by atoms with Crippen molar-refractivity contribution in [3.8, 4) is 5.75 Å². The first kappa shape index (κ1) is 23.2. The first-order chi connectivity index (χ1) is 16.4. The van der Waals surface area contributed by atoms with Gasteiger partial charge in [0.25, 0.3) is 11.7 Å². The lowest BCUT2D eigenvalue weighted by Crippen LogP contribution is -2.29. The van der Waals surface area contributed by atoms with Gasteiger partial charge in [0.2, 0.25) is 0 Å². The Hall–Kier alpha value is -3.93. The number of pyridine rings is 1. The first-order valence-electron chi connectivity index (χ1n) is 11.4. The molecule has 2 heterocycles. The molecule has 0 aliphatic carbocycles. The number of ketones is 1. The second-order valence-electron chi connectivity index (χ2n) is 8.53. The van der Waals surface area contributed by atoms with Gasteiger partial charge in [0.1, 0.15) is 11.5 Å². The van der Waals surface area contributed by atoms with Gasteiger partial charge in [0.15, 0.2) is 0 Å². The number of benzene rings is 2. The van der Waals surface area contributed by atoms with Crippen LogP contribution in [0.4, 0.5) is 0 Å². The summed E-state index contributed by atoms with van der Waals surface area (Å²) in [5.74, 6) is -0.787. The van der Waals surface area contributed by atoms with Gasteiger partial charge in [-0.2, -0.15) is 0 Å². The van der Waals surface area contributed by atoms with Crippen LogP contribution in [0.2, 0.25) is 0 Å². The van der Waals surface area contributed by atoms with Crippen LogP contribution in [0.15, 0.2) is 72.6 Å². The lowest BCUT2D eigenvalue weighted by Gasteiger charge is -2.25. The Bertz CT molecular complexity index is 1250. The number of likely N-dealkylation sites (tertiary alicyclic amines) is 1. The van der Waals surface area contributed by atoms with E-state index in [4.69, 9.17) is 4.74 Å². The Kier molecular flexibility index (Phi) is 6.77. The van der Waals surface area contributed by atoms with Crippen LogP contribution >= 0.6 is 0 Å². The Morgan fingerprint density at radius 1 is 1.06 bits per heavy atom. The number of ether oxygens (including phenoxy) is 1. The quantitative estimate of drug-likeness (QED) is 0.304. The SMILES string of the molecule is CCCOc1ccc(/C(O)=C2/C(=O)C(=O)N(Cc3ccncc3)C2c2cccc(C)c2)cc1C. The van der Waals surface area contributed by atoms with Gasteiger partial charge >= 0.3 is 0 Å². The molecule has 1 aliphatic rings. The minimum atomic E-state index is -0.704. The summed E-state index contributed by atoms with van der Waals surface area (Å²) in [6, 6.07) is 15.9. The van der Waals surface area contributed by atoms with E-state index in [1.54, 1.807) is 30.6 Å². The number of carbonyl (C=O) groups is 2. The Balaban J connectivity index is 1.82. The summed E-state index contributed by atoms with van der Waals surface area (Å²) in [5.41, 5.74) is 4.03. The van der Waals surface area contributed by atoms with E-state index in [-0.39, 0.29) is 17.9 Å². The molecule has 6 heteroatoms. The van der Waals surface area contributed by atoms with Gasteiger partial charge in [0, 0.05) is 24.5 Å². The van der Waals surface area contributed by atoms with Crippen molar-refractivity contribution in [2.24, 2.45) is 0 Å². The van der Waals surface area contributed by atoms with Crippen molar-refractivity contribution in [1.29, 1.82) is 0 Å². The fourth-order valence-corrected chi connectivity index (χ4v) is 4.24. The Morgan fingerprint density at radius 2 is 1.82 bits per heavy atom. The molecule has 2 aromatic carbocycles. The maximum Gasteiger partial charge on any atom is 0.295 e. The van der Waals surface area contributed by atoms with E-state index in [1.807, 2.05) is 57.2 Å². The van der Waals surface area contributed by atoms with Crippen molar-refractivity contribution in [2.45, 2.75) is 39.8 Å². The van der Waals surface area contributed by atoms with Gasteiger partial charge in [-0.25, -0.2) is 0 Å². The normalized spacial score (nSPS) is 17.3. The second-order valence-corrected chi connectivity index (χ2v) is 8.53. The summed E-state index contributed by atoms with van der Waals surface area (Å²) >= 11 is 0. The minimum Gasteiger partial charge on any atom is -0.507 e. The van der Waals surface area contributed by atoms with Crippen LogP contribution in [-0.4, -0.2) is 33.3 Å². The standard InChI is InChI=1S/C28H28N2O4/c1-4-14-34-23-9-8-22(16-19(23)3)26(31)24-25(21-7-5-6-18(2)15-21)30(28(33)27(24)32)17-20-10-12-29-13-11-20/h5-13,15-16,25,31H,4,14,17H2,1-3H3/b26-24-. The summed E-state index contributed by atoms with van der Waals surface area (Å²) in [5, 5.41) is 11.3. The highest BCUT2D eigenvalue weighted by atomic mass is 16.5. The zero-order valence-corrected chi connectivity index (χ0v) is 19.6. The summed E-state index contributed by atoms with van der Waals surface area (Å²) in [4.78, 5) is 31.9. The highest BCUT2D eigenvalue weighted by Crippen LogP contribution is 2.40. The molecule has 34 heavy (non-hydrogen) atoms. The summed E-state index contributed by atoms with van der Waals surface area (Å²) in [6.07, 6.45) is 4.19. The molecule has 1 amide bonds. The fourth-order valence-electron chi connectivity index (χ4n) is 4.24. The average Bonchev–Trinajstić information content (AvgIpc) is 3.08. The van der Waals surface area contributed by atoms with Gasteiger partial charge in [-0.05, 0) is 67.3 Å². The van der Waals surface area contributed by atoms with Gasteiger partial charge in [-0.1, -0.05) is 36.8 Å². The number of aryl methyl sites for hydroxylation is 2. The number of aliphatic hydroxyl groups is 1. The molecule has 1 aliphatic heterocycles. The number of rotatable bonds is 7. The summed E-state index contributed by atoms with van der Waals surface area (Å²) in [6.45, 7) is 6.70. The largest absolute Gasteiger partial charge is 0.507 e. The molecule has 1 aromatic heterocycles. The molecule has 174 valence electrons. The number of amides is 1. The predicted octanol–water partition coefficient (Wildman–Crippen LogP) is 5.11. The number of nitrogens with zero attached hydrogens (tertiary/aromatic N) is 2. The number of Topliss-reactive ketones (excluding diaryl/α,β-unsaturated/α-hetero) is 1. The molecule has 4 rings (SSSR count). The second kappa shape index (κ2) is 9.91. The molecule has 1 N–H and O–H groups in total. The molecule has 6 nitrogen and oxygen atoms in total. The Labute approximate surface area is 199 Å². The van der Waals surface area contributed by atoms with Crippen molar-refractivity contribution in [3.05, 3.63) is 100 Å². The molecule has 0 saturated carbocycles. The van der Waals surface area contributed by atoms with Crippen molar-refractivity contribution in [3.63, 3.8) is 0 Å².